The van der Waals surface area contributed by atoms with Gasteiger partial charge >= 0.3 is 0 Å². The normalized spacial score (nSPS) is 19.5. The molecule has 1 aliphatic rings. The molecule has 96 valence electrons. The number of hydrogen-bond acceptors (Lipinski definition) is 2. The van der Waals surface area contributed by atoms with Crippen LogP contribution in [0.5, 0.6) is 0 Å². The lowest BCUT2D eigenvalue weighted by Gasteiger charge is -2.20. The van der Waals surface area contributed by atoms with Crippen LogP contribution in [0.4, 0.5) is 0 Å². The van der Waals surface area contributed by atoms with Crippen LogP contribution in [-0.2, 0) is 0 Å². The summed E-state index contributed by atoms with van der Waals surface area (Å²) < 4.78 is 0. The van der Waals surface area contributed by atoms with E-state index in [-0.39, 0.29) is 0 Å². The quantitative estimate of drug-likeness (QED) is 0.640. The minimum atomic E-state index is 0.803. The number of nitrogens with zero attached hydrogens (tertiary/aromatic N) is 1. The summed E-state index contributed by atoms with van der Waals surface area (Å²) in [7, 11) is 0. The minimum absolute atomic E-state index is 0.803. The zero-order chi connectivity index (χ0) is 11.8. The molecule has 16 heavy (non-hydrogen) atoms. The van der Waals surface area contributed by atoms with Gasteiger partial charge < -0.3 is 10.2 Å². The average molecular weight is 226 g/mol. The fourth-order valence-electron chi connectivity index (χ4n) is 2.45. The van der Waals surface area contributed by atoms with Crippen molar-refractivity contribution >= 4 is 0 Å². The molecule has 1 rings (SSSR count). The Labute approximate surface area is 102 Å². The Kier molecular flexibility index (Phi) is 7.06. The third-order valence-electron chi connectivity index (χ3n) is 3.40. The Balaban J connectivity index is 1.91. The third kappa shape index (κ3) is 6.49. The largest absolute Gasteiger partial charge is 0.316 e. The van der Waals surface area contributed by atoms with Gasteiger partial charge in [-0.15, -0.1) is 0 Å². The smallest absolute Gasteiger partial charge is 0.00191 e. The molecule has 1 saturated heterocycles. The number of hydrogen-bond donors (Lipinski definition) is 1. The molecule has 0 aromatic rings. The molecular formula is C14H30N2. The highest BCUT2D eigenvalue weighted by atomic mass is 15.1. The highest BCUT2D eigenvalue weighted by Gasteiger charge is 2.13. The van der Waals surface area contributed by atoms with Crippen molar-refractivity contribution in [1.82, 2.24) is 10.2 Å². The second kappa shape index (κ2) is 8.08. The van der Waals surface area contributed by atoms with Gasteiger partial charge in [-0.1, -0.05) is 20.8 Å². The standard InChI is InChI=1S/C14H30N2/c1-13(2)7-6-8-15-11-14(3)12-16-9-4-5-10-16/h13-15H,4-12H2,1-3H3. The maximum absolute atomic E-state index is 3.59. The molecule has 0 aromatic carbocycles. The maximum atomic E-state index is 3.59. The Morgan fingerprint density at radius 1 is 1.12 bits per heavy atom. The molecule has 1 aliphatic heterocycles. The van der Waals surface area contributed by atoms with Gasteiger partial charge in [-0.25, -0.2) is 0 Å². The van der Waals surface area contributed by atoms with E-state index < -0.39 is 0 Å². The van der Waals surface area contributed by atoms with Crippen LogP contribution in [0.15, 0.2) is 0 Å². The summed E-state index contributed by atoms with van der Waals surface area (Å²) in [6.07, 6.45) is 5.50. The molecular weight excluding hydrogens is 196 g/mol. The second-order valence-electron chi connectivity index (χ2n) is 5.85. The van der Waals surface area contributed by atoms with Gasteiger partial charge in [0.2, 0.25) is 0 Å². The fourth-order valence-corrected chi connectivity index (χ4v) is 2.45. The first-order chi connectivity index (χ1) is 7.68. The molecule has 0 radical (unpaired) electrons. The zero-order valence-electron chi connectivity index (χ0n) is 11.5. The average Bonchev–Trinajstić information content (AvgIpc) is 2.69. The summed E-state index contributed by atoms with van der Waals surface area (Å²) in [4.78, 5) is 2.61. The Bertz CT molecular complexity index is 162. The molecule has 0 bridgehead atoms. The van der Waals surface area contributed by atoms with E-state index in [2.05, 4.69) is 31.0 Å². The van der Waals surface area contributed by atoms with Gasteiger partial charge in [0.25, 0.3) is 0 Å². The molecule has 0 aromatic heterocycles. The lowest BCUT2D eigenvalue weighted by Crippen LogP contribution is -2.32. The predicted octanol–water partition coefficient (Wildman–Crippen LogP) is 2.74. The highest BCUT2D eigenvalue weighted by Crippen LogP contribution is 2.09. The lowest BCUT2D eigenvalue weighted by molar-refractivity contribution is 0.282. The molecule has 0 saturated carbocycles. The molecule has 1 heterocycles. The summed E-state index contributed by atoms with van der Waals surface area (Å²) in [6.45, 7) is 13.3. The van der Waals surface area contributed by atoms with E-state index in [1.807, 2.05) is 0 Å². The van der Waals surface area contributed by atoms with Crippen LogP contribution < -0.4 is 5.32 Å². The lowest BCUT2D eigenvalue weighted by atomic mass is 10.1. The third-order valence-corrected chi connectivity index (χ3v) is 3.40. The van der Waals surface area contributed by atoms with Gasteiger partial charge in [0, 0.05) is 6.54 Å². The molecule has 1 unspecified atom stereocenters. The van der Waals surface area contributed by atoms with Gasteiger partial charge in [0.05, 0.1) is 0 Å². The summed E-state index contributed by atoms with van der Waals surface area (Å²) in [5, 5.41) is 3.59. The molecule has 1 fully saturated rings. The van der Waals surface area contributed by atoms with E-state index in [0.717, 1.165) is 11.8 Å². The van der Waals surface area contributed by atoms with Gasteiger partial charge in [0.15, 0.2) is 0 Å². The van der Waals surface area contributed by atoms with Gasteiger partial charge in [-0.05, 0) is 63.7 Å². The second-order valence-corrected chi connectivity index (χ2v) is 5.85. The Morgan fingerprint density at radius 3 is 2.44 bits per heavy atom. The molecule has 1 N–H and O–H groups in total. The first kappa shape index (κ1) is 14.0. The molecule has 2 heteroatoms. The molecule has 2 nitrogen and oxygen atoms in total. The van der Waals surface area contributed by atoms with Gasteiger partial charge in [0.1, 0.15) is 0 Å². The van der Waals surface area contributed by atoms with Crippen LogP contribution in [0, 0.1) is 11.8 Å². The number of likely N-dealkylation sites (tertiary alicyclic amines) is 1. The van der Waals surface area contributed by atoms with Crippen LogP contribution in [0.1, 0.15) is 46.5 Å². The first-order valence-corrected chi connectivity index (χ1v) is 7.11. The van der Waals surface area contributed by atoms with Gasteiger partial charge in [-0.3, -0.25) is 0 Å². The fraction of sp³-hybridized carbons (Fsp3) is 1.00. The van der Waals surface area contributed by atoms with E-state index in [0.29, 0.717) is 0 Å². The van der Waals surface area contributed by atoms with Crippen molar-refractivity contribution in [3.05, 3.63) is 0 Å². The Hall–Kier alpha value is -0.0800. The van der Waals surface area contributed by atoms with E-state index in [4.69, 9.17) is 0 Å². The highest BCUT2D eigenvalue weighted by molar-refractivity contribution is 4.70. The molecule has 0 aliphatic carbocycles. The van der Waals surface area contributed by atoms with Crippen molar-refractivity contribution in [2.75, 3.05) is 32.7 Å². The molecule has 0 spiro atoms. The van der Waals surface area contributed by atoms with Crippen molar-refractivity contribution in [2.24, 2.45) is 11.8 Å². The van der Waals surface area contributed by atoms with E-state index in [9.17, 15) is 0 Å². The monoisotopic (exact) mass is 226 g/mol. The Morgan fingerprint density at radius 2 is 1.81 bits per heavy atom. The van der Waals surface area contributed by atoms with E-state index in [1.54, 1.807) is 0 Å². The first-order valence-electron chi connectivity index (χ1n) is 7.11. The summed E-state index contributed by atoms with van der Waals surface area (Å²) in [5.74, 6) is 1.65. The van der Waals surface area contributed by atoms with Crippen LogP contribution in [-0.4, -0.2) is 37.6 Å². The van der Waals surface area contributed by atoms with Crippen molar-refractivity contribution < 1.29 is 0 Å². The van der Waals surface area contributed by atoms with E-state index in [1.165, 1.54) is 58.4 Å². The summed E-state index contributed by atoms with van der Waals surface area (Å²) in [6, 6.07) is 0. The van der Waals surface area contributed by atoms with Crippen LogP contribution in [0.3, 0.4) is 0 Å². The zero-order valence-corrected chi connectivity index (χ0v) is 11.5. The minimum Gasteiger partial charge on any atom is -0.316 e. The molecule has 1 atom stereocenters. The van der Waals surface area contributed by atoms with Crippen molar-refractivity contribution in [3.63, 3.8) is 0 Å². The maximum Gasteiger partial charge on any atom is 0.00191 e. The summed E-state index contributed by atoms with van der Waals surface area (Å²) in [5.41, 5.74) is 0. The van der Waals surface area contributed by atoms with Crippen molar-refractivity contribution in [1.29, 1.82) is 0 Å². The van der Waals surface area contributed by atoms with Crippen molar-refractivity contribution in [3.8, 4) is 0 Å². The number of nitrogens with one attached hydrogen (secondary N) is 1. The summed E-state index contributed by atoms with van der Waals surface area (Å²) >= 11 is 0. The van der Waals surface area contributed by atoms with Crippen LogP contribution >= 0.6 is 0 Å². The van der Waals surface area contributed by atoms with Crippen LogP contribution in [0.2, 0.25) is 0 Å². The number of rotatable bonds is 8. The van der Waals surface area contributed by atoms with E-state index >= 15 is 0 Å². The topological polar surface area (TPSA) is 15.3 Å². The van der Waals surface area contributed by atoms with Crippen molar-refractivity contribution in [2.45, 2.75) is 46.5 Å². The van der Waals surface area contributed by atoms with Crippen LogP contribution in [0.25, 0.3) is 0 Å². The molecule has 0 amide bonds. The van der Waals surface area contributed by atoms with Gasteiger partial charge in [-0.2, -0.15) is 0 Å². The SMILES string of the molecule is CC(C)CCCNCC(C)CN1CCCC1. The predicted molar refractivity (Wildman–Crippen MR) is 71.8 cm³/mol.